The zero-order valence-electron chi connectivity index (χ0n) is 27.4. The van der Waals surface area contributed by atoms with Gasteiger partial charge < -0.3 is 9.21 Å². The van der Waals surface area contributed by atoms with E-state index < -0.39 is 0 Å². The minimum Gasteiger partial charge on any atom is -0.451 e. The molecule has 4 nitrogen and oxygen atoms in total. The van der Waals surface area contributed by atoms with Crippen LogP contribution in [0.3, 0.4) is 0 Å². The summed E-state index contributed by atoms with van der Waals surface area (Å²) in [7, 11) is 2.63. The van der Waals surface area contributed by atoms with Crippen LogP contribution in [0.2, 0.25) is 5.02 Å². The normalized spacial score (nSPS) is 12.7. The molecule has 0 saturated heterocycles. The third-order valence-electron chi connectivity index (χ3n) is 6.81. The number of halogens is 1. The molecule has 0 aliphatic carbocycles. The van der Waals surface area contributed by atoms with Crippen molar-refractivity contribution in [2.24, 2.45) is 17.3 Å². The number of furan rings is 1. The van der Waals surface area contributed by atoms with Gasteiger partial charge in [-0.15, -0.1) is 21.6 Å². The maximum absolute atomic E-state index is 11.7. The van der Waals surface area contributed by atoms with Gasteiger partial charge in [-0.05, 0) is 59.5 Å². The van der Waals surface area contributed by atoms with Crippen molar-refractivity contribution in [3.05, 3.63) is 46.7 Å². The number of Topliss-reactive ketones (excluding diaryl/α,β-unsaturated/α-hetero) is 1. The Balaban J connectivity index is 0.000000409. The first-order valence-electron chi connectivity index (χ1n) is 14.9. The average Bonchev–Trinajstić information content (AvgIpc) is 3.33. The Hall–Kier alpha value is -2.47. The van der Waals surface area contributed by atoms with Gasteiger partial charge in [-0.25, -0.2) is 4.98 Å². The fourth-order valence-electron chi connectivity index (χ4n) is 4.42. The van der Waals surface area contributed by atoms with Crippen molar-refractivity contribution in [2.45, 2.75) is 107 Å². The molecule has 2 heterocycles. The summed E-state index contributed by atoms with van der Waals surface area (Å²) >= 11 is 6.11. The Morgan fingerprint density at radius 3 is 2.21 bits per heavy atom. The van der Waals surface area contributed by atoms with Gasteiger partial charge in [0.05, 0.1) is 5.69 Å². The van der Waals surface area contributed by atoms with Crippen molar-refractivity contribution >= 4 is 49.3 Å². The van der Waals surface area contributed by atoms with Gasteiger partial charge in [-0.1, -0.05) is 86.4 Å². The monoisotopic (exact) mass is 611 g/mol. The molecule has 3 aromatic rings. The molecular formula is C36H51ClNO3P. The molecule has 6 heteroatoms. The average molecular weight is 612 g/mol. The second-order valence-corrected chi connectivity index (χ2v) is 14.3. The number of rotatable bonds is 8. The van der Waals surface area contributed by atoms with E-state index in [-0.39, 0.29) is 17.1 Å². The highest BCUT2D eigenvalue weighted by atomic mass is 35.5. The predicted molar refractivity (Wildman–Crippen MR) is 184 cm³/mol. The lowest BCUT2D eigenvalue weighted by molar-refractivity contribution is -0.110. The van der Waals surface area contributed by atoms with E-state index in [0.29, 0.717) is 27.3 Å². The Morgan fingerprint density at radius 2 is 1.79 bits per heavy atom. The molecule has 3 atom stereocenters. The van der Waals surface area contributed by atoms with Gasteiger partial charge in [0, 0.05) is 41.5 Å². The number of hydrogen-bond acceptors (Lipinski definition) is 4. The van der Waals surface area contributed by atoms with Crippen molar-refractivity contribution in [3.8, 4) is 23.6 Å². The van der Waals surface area contributed by atoms with Gasteiger partial charge >= 0.3 is 0 Å². The summed E-state index contributed by atoms with van der Waals surface area (Å²) in [5.41, 5.74) is 4.50. The Kier molecular flexibility index (Phi) is 15.2. The summed E-state index contributed by atoms with van der Waals surface area (Å²) in [4.78, 5) is 26.1. The molecule has 0 radical (unpaired) electrons. The van der Waals surface area contributed by atoms with E-state index in [1.54, 1.807) is 6.07 Å². The van der Waals surface area contributed by atoms with Crippen molar-refractivity contribution in [3.63, 3.8) is 0 Å². The van der Waals surface area contributed by atoms with Crippen LogP contribution in [0.1, 0.15) is 117 Å². The maximum Gasteiger partial charge on any atom is 0.195 e. The lowest BCUT2D eigenvalue weighted by Gasteiger charge is -2.24. The Bertz CT molecular complexity index is 1350. The fraction of sp³-hybridized carbons (Fsp3) is 0.528. The number of aldehydes is 1. The summed E-state index contributed by atoms with van der Waals surface area (Å²) in [6, 6.07) is 9.54. The highest BCUT2D eigenvalue weighted by Crippen LogP contribution is 2.35. The van der Waals surface area contributed by atoms with Crippen molar-refractivity contribution in [1.29, 1.82) is 0 Å². The standard InChI is InChI=1S/C19H19ClNO2P.C12H22.C5H10O/c1-10(22)16-9-15-18(23-16)12(19(2,3)4)8-14(21-15)11-5-6-13(20)17(24)7-11;1-6-8-11(9-7-2)10-12(3,4)5;1-3-5(2)4-6/h5-9H,24H2,1-4H3;1,11H,7-10H2,2-5H3;4-5H,3H2,1-2H3. The second kappa shape index (κ2) is 17.0. The van der Waals surface area contributed by atoms with Crippen LogP contribution in [-0.2, 0) is 10.2 Å². The maximum atomic E-state index is 11.7. The smallest absolute Gasteiger partial charge is 0.195 e. The largest absolute Gasteiger partial charge is 0.451 e. The van der Waals surface area contributed by atoms with Crippen LogP contribution in [-0.4, -0.2) is 17.1 Å². The molecule has 3 unspecified atom stereocenters. The van der Waals surface area contributed by atoms with Gasteiger partial charge in [0.1, 0.15) is 11.8 Å². The van der Waals surface area contributed by atoms with Crippen molar-refractivity contribution in [1.82, 2.24) is 4.98 Å². The number of nitrogens with zero attached hydrogens (tertiary/aromatic N) is 1. The van der Waals surface area contributed by atoms with E-state index in [1.807, 2.05) is 38.1 Å². The molecule has 42 heavy (non-hydrogen) atoms. The molecule has 0 spiro atoms. The highest BCUT2D eigenvalue weighted by molar-refractivity contribution is 7.28. The molecule has 0 N–H and O–H groups in total. The fourth-order valence-corrected chi connectivity index (χ4v) is 4.81. The molecule has 230 valence electrons. The Morgan fingerprint density at radius 1 is 1.14 bits per heavy atom. The van der Waals surface area contributed by atoms with E-state index in [0.717, 1.165) is 47.2 Å². The molecule has 0 saturated carbocycles. The number of fused-ring (bicyclic) bond motifs is 1. The van der Waals surface area contributed by atoms with Gasteiger partial charge in [-0.2, -0.15) is 0 Å². The second-order valence-electron chi connectivity index (χ2n) is 13.3. The molecule has 3 rings (SSSR count). The summed E-state index contributed by atoms with van der Waals surface area (Å²) in [6.07, 6.45) is 12.0. The van der Waals surface area contributed by atoms with Crippen LogP contribution in [0.4, 0.5) is 0 Å². The van der Waals surface area contributed by atoms with Gasteiger partial charge in [-0.3, -0.25) is 4.79 Å². The van der Waals surface area contributed by atoms with Crippen molar-refractivity contribution < 1.29 is 14.0 Å². The molecule has 0 aliphatic heterocycles. The van der Waals surface area contributed by atoms with Gasteiger partial charge in [0.15, 0.2) is 17.1 Å². The van der Waals surface area contributed by atoms with Crippen LogP contribution in [0.25, 0.3) is 22.4 Å². The molecule has 0 fully saturated rings. The third-order valence-corrected chi connectivity index (χ3v) is 7.81. The highest BCUT2D eigenvalue weighted by Gasteiger charge is 2.23. The number of terminal acetylenes is 1. The first kappa shape index (κ1) is 37.6. The Labute approximate surface area is 262 Å². The zero-order chi connectivity index (χ0) is 32.3. The topological polar surface area (TPSA) is 60.2 Å². The van der Waals surface area contributed by atoms with Crippen LogP contribution in [0.15, 0.2) is 34.7 Å². The predicted octanol–water partition coefficient (Wildman–Crippen LogP) is 10.2. The van der Waals surface area contributed by atoms with Crippen LogP contribution >= 0.6 is 20.8 Å². The number of pyridine rings is 1. The quantitative estimate of drug-likeness (QED) is 0.110. The first-order chi connectivity index (χ1) is 19.5. The van der Waals surface area contributed by atoms with Crippen LogP contribution < -0.4 is 5.30 Å². The summed E-state index contributed by atoms with van der Waals surface area (Å²) in [5.74, 6) is 4.00. The van der Waals surface area contributed by atoms with Gasteiger partial charge in [0.25, 0.3) is 0 Å². The summed E-state index contributed by atoms with van der Waals surface area (Å²) in [6.45, 7) is 20.8. The lowest BCUT2D eigenvalue weighted by atomic mass is 9.81. The van der Waals surface area contributed by atoms with E-state index in [9.17, 15) is 9.59 Å². The SMILES string of the molecule is C#CCC(CCC)CC(C)(C)C.CC(=O)c1cc2nc(-c3ccc(Cl)c(P)c3)cc(C(C)(C)C)c2o1.CCC(C)C=O. The van der Waals surface area contributed by atoms with E-state index in [4.69, 9.17) is 27.4 Å². The van der Waals surface area contributed by atoms with Crippen LogP contribution in [0.5, 0.6) is 0 Å². The number of ketones is 1. The van der Waals surface area contributed by atoms with Crippen molar-refractivity contribution in [2.75, 3.05) is 0 Å². The van der Waals surface area contributed by atoms with Gasteiger partial charge in [0.2, 0.25) is 0 Å². The minimum absolute atomic E-state index is 0.104. The third kappa shape index (κ3) is 12.4. The van der Waals surface area contributed by atoms with E-state index in [1.165, 1.54) is 26.2 Å². The number of hydrogen-bond donors (Lipinski definition) is 0. The first-order valence-corrected chi connectivity index (χ1v) is 15.8. The number of benzene rings is 1. The zero-order valence-corrected chi connectivity index (χ0v) is 29.3. The molecule has 0 aliphatic rings. The number of aromatic nitrogens is 1. The summed E-state index contributed by atoms with van der Waals surface area (Å²) < 4.78 is 5.78. The number of carbonyl (C=O) groups excluding carboxylic acids is 2. The van der Waals surface area contributed by atoms with Crippen LogP contribution in [0, 0.1) is 29.6 Å². The van der Waals surface area contributed by atoms with E-state index in [2.05, 4.69) is 63.6 Å². The number of carbonyl (C=O) groups is 2. The molecule has 0 amide bonds. The lowest BCUT2D eigenvalue weighted by Crippen LogP contribution is -2.12. The summed E-state index contributed by atoms with van der Waals surface area (Å²) in [5, 5.41) is 1.62. The molecule has 2 aromatic heterocycles. The molecular weight excluding hydrogens is 561 g/mol. The molecule has 1 aromatic carbocycles. The molecule has 0 bridgehead atoms. The minimum atomic E-state index is -0.141. The van der Waals surface area contributed by atoms with E-state index >= 15 is 0 Å².